The first-order valence-electron chi connectivity index (χ1n) is 8.50. The van der Waals surface area contributed by atoms with Gasteiger partial charge in [-0.05, 0) is 19.1 Å². The number of fused-ring (bicyclic) bond motifs is 2. The Hall–Kier alpha value is -2.49. The lowest BCUT2D eigenvalue weighted by molar-refractivity contribution is 0.0836. The fraction of sp³-hybridized carbons (Fsp3) is 0.389. The number of hydrogen-bond acceptors (Lipinski definition) is 8. The van der Waals surface area contributed by atoms with Gasteiger partial charge in [-0.15, -0.1) is 0 Å². The number of β-amino-alcohol motifs (C(OH)–C–C–N with tert-alkyl or cyclic N) is 1. The number of ether oxygens (including phenoxy) is 2. The van der Waals surface area contributed by atoms with Crippen molar-refractivity contribution in [2.75, 3.05) is 20.8 Å². The van der Waals surface area contributed by atoms with E-state index in [9.17, 15) is 9.90 Å². The molecule has 1 aliphatic rings. The molecule has 1 atom stereocenters. The Morgan fingerprint density at radius 1 is 1.30 bits per heavy atom. The molecule has 0 saturated carbocycles. The number of aromatic nitrogens is 3. The Kier molecular flexibility index (Phi) is 4.58. The quantitative estimate of drug-likeness (QED) is 0.725. The molecule has 9 heteroatoms. The first-order chi connectivity index (χ1) is 13.0. The van der Waals surface area contributed by atoms with Gasteiger partial charge in [-0.3, -0.25) is 9.69 Å². The van der Waals surface area contributed by atoms with Crippen molar-refractivity contribution >= 4 is 16.3 Å². The van der Waals surface area contributed by atoms with Gasteiger partial charge in [0, 0.05) is 36.8 Å². The van der Waals surface area contributed by atoms with Gasteiger partial charge in [0.1, 0.15) is 16.5 Å². The predicted molar refractivity (Wildman–Crippen MR) is 100 cm³/mol. The standard InChI is InChI=1S/C18H20N4O4S/c1-10-20-22-16(24)6-11(19-18(22)27-10)7-21-8-12-14(25-2)4-5-15(26-3)17(12)13(23)9-21/h4-6,13,23H,7-9H2,1-3H3/t13-/m1/s1. The molecule has 0 bridgehead atoms. The summed E-state index contributed by atoms with van der Waals surface area (Å²) >= 11 is 1.38. The summed E-state index contributed by atoms with van der Waals surface area (Å²) in [5.41, 5.74) is 2.11. The summed E-state index contributed by atoms with van der Waals surface area (Å²) in [4.78, 5) is 19.4. The molecule has 0 unspecified atom stereocenters. The summed E-state index contributed by atoms with van der Waals surface area (Å²) in [6.07, 6.45) is -0.714. The van der Waals surface area contributed by atoms with Gasteiger partial charge in [-0.1, -0.05) is 11.3 Å². The molecular formula is C18H20N4O4S. The van der Waals surface area contributed by atoms with Gasteiger partial charge in [-0.25, -0.2) is 4.98 Å². The Bertz CT molecular complexity index is 1060. The molecular weight excluding hydrogens is 368 g/mol. The van der Waals surface area contributed by atoms with E-state index < -0.39 is 6.10 Å². The second kappa shape index (κ2) is 6.91. The fourth-order valence-electron chi connectivity index (χ4n) is 3.53. The van der Waals surface area contributed by atoms with E-state index >= 15 is 0 Å². The third-order valence-electron chi connectivity index (χ3n) is 4.64. The highest BCUT2D eigenvalue weighted by Gasteiger charge is 2.30. The van der Waals surface area contributed by atoms with Crippen molar-refractivity contribution in [3.8, 4) is 11.5 Å². The summed E-state index contributed by atoms with van der Waals surface area (Å²) in [7, 11) is 3.20. The van der Waals surface area contributed by atoms with Gasteiger partial charge in [0.15, 0.2) is 0 Å². The lowest BCUT2D eigenvalue weighted by Gasteiger charge is -2.33. The highest BCUT2D eigenvalue weighted by atomic mass is 32.1. The van der Waals surface area contributed by atoms with Crippen LogP contribution in [-0.2, 0) is 13.1 Å². The van der Waals surface area contributed by atoms with E-state index in [-0.39, 0.29) is 5.56 Å². The molecule has 0 amide bonds. The lowest BCUT2D eigenvalue weighted by atomic mass is 9.95. The summed E-state index contributed by atoms with van der Waals surface area (Å²) in [6.45, 7) is 3.27. The molecule has 3 aromatic rings. The van der Waals surface area contributed by atoms with Crippen LogP contribution in [0.3, 0.4) is 0 Å². The monoisotopic (exact) mass is 388 g/mol. The molecule has 2 aromatic heterocycles. The average Bonchev–Trinajstić information content (AvgIpc) is 3.01. The largest absolute Gasteiger partial charge is 0.496 e. The van der Waals surface area contributed by atoms with E-state index in [1.807, 2.05) is 17.9 Å². The highest BCUT2D eigenvalue weighted by molar-refractivity contribution is 7.16. The summed E-state index contributed by atoms with van der Waals surface area (Å²) in [5.74, 6) is 1.35. The van der Waals surface area contributed by atoms with Crippen LogP contribution >= 0.6 is 11.3 Å². The maximum Gasteiger partial charge on any atom is 0.275 e. The van der Waals surface area contributed by atoms with Crippen molar-refractivity contribution in [3.05, 3.63) is 50.4 Å². The molecule has 1 N–H and O–H groups in total. The molecule has 27 heavy (non-hydrogen) atoms. The molecule has 0 spiro atoms. The van der Waals surface area contributed by atoms with Crippen LogP contribution in [0.2, 0.25) is 0 Å². The van der Waals surface area contributed by atoms with Gasteiger partial charge >= 0.3 is 0 Å². The van der Waals surface area contributed by atoms with E-state index in [2.05, 4.69) is 10.1 Å². The van der Waals surface area contributed by atoms with Crippen LogP contribution < -0.4 is 15.0 Å². The number of aliphatic hydroxyl groups excluding tert-OH is 1. The SMILES string of the molecule is COc1ccc(OC)c2c1CN(Cc1cc(=O)n3nc(C)sc3n1)C[C@H]2O. The molecule has 8 nitrogen and oxygen atoms in total. The van der Waals surface area contributed by atoms with E-state index in [0.717, 1.165) is 16.1 Å². The molecule has 0 saturated heterocycles. The van der Waals surface area contributed by atoms with Crippen LogP contribution in [0.25, 0.3) is 4.96 Å². The van der Waals surface area contributed by atoms with E-state index in [1.54, 1.807) is 20.3 Å². The van der Waals surface area contributed by atoms with Crippen LogP contribution in [0.1, 0.15) is 27.9 Å². The molecule has 0 fully saturated rings. The van der Waals surface area contributed by atoms with Crippen LogP contribution in [0.4, 0.5) is 0 Å². The van der Waals surface area contributed by atoms with Gasteiger partial charge in [0.2, 0.25) is 4.96 Å². The second-order valence-corrected chi connectivity index (χ2v) is 7.61. The van der Waals surface area contributed by atoms with Crippen molar-refractivity contribution in [1.29, 1.82) is 0 Å². The lowest BCUT2D eigenvalue weighted by Crippen LogP contribution is -2.34. The van der Waals surface area contributed by atoms with Crippen LogP contribution in [0.15, 0.2) is 23.0 Å². The average molecular weight is 388 g/mol. The minimum Gasteiger partial charge on any atom is -0.496 e. The molecule has 0 radical (unpaired) electrons. The fourth-order valence-corrected chi connectivity index (χ4v) is 4.29. The van der Waals surface area contributed by atoms with Crippen LogP contribution in [-0.4, -0.2) is 45.4 Å². The maximum atomic E-state index is 12.3. The number of nitrogens with zero attached hydrogens (tertiary/aromatic N) is 4. The van der Waals surface area contributed by atoms with Crippen LogP contribution in [0, 0.1) is 6.92 Å². The summed E-state index contributed by atoms with van der Waals surface area (Å²) in [5, 5.41) is 15.6. The number of methoxy groups -OCH3 is 2. The zero-order chi connectivity index (χ0) is 19.1. The third kappa shape index (κ3) is 3.18. The van der Waals surface area contributed by atoms with Gasteiger partial charge in [-0.2, -0.15) is 9.61 Å². The Balaban J connectivity index is 1.67. The van der Waals surface area contributed by atoms with Crippen molar-refractivity contribution < 1.29 is 14.6 Å². The highest BCUT2D eigenvalue weighted by Crippen LogP contribution is 2.39. The van der Waals surface area contributed by atoms with Crippen LogP contribution in [0.5, 0.6) is 11.5 Å². The Labute approximate surface area is 159 Å². The number of rotatable bonds is 4. The third-order valence-corrected chi connectivity index (χ3v) is 5.47. The normalized spacial score (nSPS) is 17.1. The van der Waals surface area contributed by atoms with Crippen molar-refractivity contribution in [3.63, 3.8) is 0 Å². The second-order valence-electron chi connectivity index (χ2n) is 6.45. The van der Waals surface area contributed by atoms with E-state index in [4.69, 9.17) is 9.47 Å². The maximum absolute atomic E-state index is 12.3. The molecule has 1 aliphatic heterocycles. The molecule has 4 rings (SSSR count). The van der Waals surface area contributed by atoms with E-state index in [1.165, 1.54) is 21.9 Å². The number of benzene rings is 1. The predicted octanol–water partition coefficient (Wildman–Crippen LogP) is 1.53. The number of aryl methyl sites for hydroxylation is 1. The van der Waals surface area contributed by atoms with Gasteiger partial charge < -0.3 is 14.6 Å². The Morgan fingerprint density at radius 3 is 2.78 bits per heavy atom. The van der Waals surface area contributed by atoms with Gasteiger partial charge in [0.05, 0.1) is 26.0 Å². The first-order valence-corrected chi connectivity index (χ1v) is 9.32. The molecule has 0 aliphatic carbocycles. The minimum absolute atomic E-state index is 0.198. The molecule has 3 heterocycles. The summed E-state index contributed by atoms with van der Waals surface area (Å²) in [6, 6.07) is 5.14. The zero-order valence-corrected chi connectivity index (χ0v) is 16.1. The molecule has 1 aromatic carbocycles. The topological polar surface area (TPSA) is 89.2 Å². The number of hydrogen-bond donors (Lipinski definition) is 1. The van der Waals surface area contributed by atoms with Crippen molar-refractivity contribution in [2.24, 2.45) is 0 Å². The van der Waals surface area contributed by atoms with Gasteiger partial charge in [0.25, 0.3) is 5.56 Å². The number of aliphatic hydroxyl groups is 1. The zero-order valence-electron chi connectivity index (χ0n) is 15.3. The van der Waals surface area contributed by atoms with Crippen molar-refractivity contribution in [2.45, 2.75) is 26.1 Å². The smallest absolute Gasteiger partial charge is 0.275 e. The molecule has 142 valence electrons. The first kappa shape index (κ1) is 17.9. The van der Waals surface area contributed by atoms with Crippen molar-refractivity contribution in [1.82, 2.24) is 19.5 Å². The summed E-state index contributed by atoms with van der Waals surface area (Å²) < 4.78 is 12.2. The minimum atomic E-state index is -0.714. The Morgan fingerprint density at radius 2 is 2.04 bits per heavy atom. The van der Waals surface area contributed by atoms with E-state index in [0.29, 0.717) is 41.8 Å².